The average Bonchev–Trinajstić information content (AvgIpc) is 3.43. The Hall–Kier alpha value is -4.04. The summed E-state index contributed by atoms with van der Waals surface area (Å²) in [7, 11) is 0. The van der Waals surface area contributed by atoms with E-state index in [9.17, 15) is 9.18 Å². The van der Waals surface area contributed by atoms with Crippen molar-refractivity contribution in [1.82, 2.24) is 19.8 Å². The van der Waals surface area contributed by atoms with Crippen LogP contribution in [0, 0.1) is 19.7 Å². The van der Waals surface area contributed by atoms with Gasteiger partial charge in [0.2, 0.25) is 5.91 Å². The molecular formula is C31H32FN5OS. The van der Waals surface area contributed by atoms with Crippen molar-refractivity contribution in [3.8, 4) is 5.69 Å². The van der Waals surface area contributed by atoms with Crippen LogP contribution in [0.25, 0.3) is 5.69 Å². The Morgan fingerprint density at radius 3 is 2.54 bits per heavy atom. The Morgan fingerprint density at radius 1 is 1.08 bits per heavy atom. The van der Waals surface area contributed by atoms with Gasteiger partial charge in [-0.25, -0.2) is 4.39 Å². The lowest BCUT2D eigenvalue weighted by Crippen LogP contribution is -2.33. The molecule has 39 heavy (non-hydrogen) atoms. The molecule has 0 saturated carbocycles. The second-order valence-electron chi connectivity index (χ2n) is 9.77. The number of aromatic nitrogens is 2. The topological polar surface area (TPSA) is 62.2 Å². The molecule has 200 valence electrons. The largest absolute Gasteiger partial charge is 0.352 e. The van der Waals surface area contributed by atoms with E-state index >= 15 is 0 Å². The van der Waals surface area contributed by atoms with Crippen molar-refractivity contribution in [1.29, 1.82) is 0 Å². The molecule has 0 aliphatic carbocycles. The lowest BCUT2D eigenvalue weighted by Gasteiger charge is -2.28. The standard InChI is InChI=1S/C31H32FN5OS/c1-4-22-9-5-6-10-26(22)34-28(38)16-18-36-30(29(35-31(36)39)27-11-7-8-17-33-27)25-19-20(2)37(21(25)3)24-14-12-23(32)13-15-24/h5-15,17,19,29-30H,4,16,18H2,1-3H3,(H,34,38)(H,35,39)/t29-,30-/m1/s1. The Balaban J connectivity index is 1.46. The minimum Gasteiger partial charge on any atom is -0.352 e. The lowest BCUT2D eigenvalue weighted by atomic mass is 9.96. The molecule has 8 heteroatoms. The van der Waals surface area contributed by atoms with Crippen molar-refractivity contribution in [3.63, 3.8) is 0 Å². The molecule has 1 aliphatic rings. The Labute approximate surface area is 233 Å². The third-order valence-electron chi connectivity index (χ3n) is 7.32. The molecule has 2 atom stereocenters. The summed E-state index contributed by atoms with van der Waals surface area (Å²) in [6, 6.07) is 22.0. The van der Waals surface area contributed by atoms with Gasteiger partial charge in [-0.2, -0.15) is 0 Å². The predicted molar refractivity (Wildman–Crippen MR) is 156 cm³/mol. The summed E-state index contributed by atoms with van der Waals surface area (Å²) in [5, 5.41) is 7.13. The average molecular weight is 542 g/mol. The van der Waals surface area contributed by atoms with Crippen molar-refractivity contribution in [2.24, 2.45) is 0 Å². The number of anilines is 1. The maximum Gasteiger partial charge on any atom is 0.226 e. The first kappa shape index (κ1) is 26.6. The van der Waals surface area contributed by atoms with Crippen LogP contribution in [0.1, 0.15) is 53.6 Å². The van der Waals surface area contributed by atoms with Crippen molar-refractivity contribution >= 4 is 28.9 Å². The molecule has 1 amide bonds. The lowest BCUT2D eigenvalue weighted by molar-refractivity contribution is -0.116. The fraction of sp³-hybridized carbons (Fsp3) is 0.258. The molecule has 0 bridgehead atoms. The molecule has 2 aromatic heterocycles. The minimum atomic E-state index is -0.270. The van der Waals surface area contributed by atoms with Gasteiger partial charge in [0.15, 0.2) is 5.11 Å². The molecule has 3 heterocycles. The van der Waals surface area contributed by atoms with Gasteiger partial charge in [-0.05, 0) is 92.1 Å². The van der Waals surface area contributed by atoms with E-state index in [1.807, 2.05) is 49.4 Å². The minimum absolute atomic E-state index is 0.0597. The maximum atomic E-state index is 13.6. The second kappa shape index (κ2) is 11.4. The molecule has 0 radical (unpaired) electrons. The molecule has 6 nitrogen and oxygen atoms in total. The fourth-order valence-electron chi connectivity index (χ4n) is 5.44. The third-order valence-corrected chi connectivity index (χ3v) is 7.68. The van der Waals surface area contributed by atoms with Crippen molar-refractivity contribution in [2.45, 2.75) is 45.7 Å². The van der Waals surface area contributed by atoms with Crippen LogP contribution in [0.15, 0.2) is 79.0 Å². The zero-order valence-electron chi connectivity index (χ0n) is 22.3. The number of halogens is 1. The smallest absolute Gasteiger partial charge is 0.226 e. The zero-order chi connectivity index (χ0) is 27.5. The van der Waals surface area contributed by atoms with Gasteiger partial charge in [0.25, 0.3) is 0 Å². The Morgan fingerprint density at radius 2 is 1.82 bits per heavy atom. The number of carbonyl (C=O) groups is 1. The van der Waals surface area contributed by atoms with Crippen LogP contribution in [0.4, 0.5) is 10.1 Å². The number of aryl methyl sites for hydroxylation is 2. The van der Waals surface area contributed by atoms with Gasteiger partial charge >= 0.3 is 0 Å². The summed E-state index contributed by atoms with van der Waals surface area (Å²) in [6.45, 7) is 6.62. The van der Waals surface area contributed by atoms with E-state index in [4.69, 9.17) is 12.2 Å². The molecule has 1 saturated heterocycles. The summed E-state index contributed by atoms with van der Waals surface area (Å²) in [5.41, 5.74) is 6.85. The summed E-state index contributed by atoms with van der Waals surface area (Å²) in [4.78, 5) is 19.7. The predicted octanol–water partition coefficient (Wildman–Crippen LogP) is 6.19. The number of carbonyl (C=O) groups excluding carboxylic acids is 1. The van der Waals surface area contributed by atoms with Gasteiger partial charge in [0.1, 0.15) is 5.82 Å². The fourth-order valence-corrected chi connectivity index (χ4v) is 5.78. The number of benzene rings is 2. The van der Waals surface area contributed by atoms with Gasteiger partial charge in [-0.15, -0.1) is 0 Å². The van der Waals surface area contributed by atoms with E-state index in [0.29, 0.717) is 11.7 Å². The van der Waals surface area contributed by atoms with Crippen LogP contribution >= 0.6 is 12.2 Å². The van der Waals surface area contributed by atoms with E-state index in [1.165, 1.54) is 12.1 Å². The zero-order valence-corrected chi connectivity index (χ0v) is 23.1. The van der Waals surface area contributed by atoms with Crippen LogP contribution < -0.4 is 10.6 Å². The number of nitrogens with one attached hydrogen (secondary N) is 2. The normalized spacial score (nSPS) is 16.8. The number of hydrogen-bond donors (Lipinski definition) is 2. The number of thiocarbonyl (C=S) groups is 1. The van der Waals surface area contributed by atoms with Crippen LogP contribution in [-0.2, 0) is 11.2 Å². The first-order valence-electron chi connectivity index (χ1n) is 13.2. The number of pyridine rings is 1. The molecule has 1 fully saturated rings. The van der Waals surface area contributed by atoms with Crippen LogP contribution in [0.3, 0.4) is 0 Å². The van der Waals surface area contributed by atoms with Gasteiger partial charge in [0.05, 0.1) is 17.8 Å². The SMILES string of the molecule is CCc1ccccc1NC(=O)CCN1C(=S)N[C@H](c2ccccn2)[C@H]1c1cc(C)n(-c2ccc(F)cc2)c1C. The molecule has 0 spiro atoms. The summed E-state index contributed by atoms with van der Waals surface area (Å²) < 4.78 is 15.8. The highest BCUT2D eigenvalue weighted by Crippen LogP contribution is 2.41. The van der Waals surface area contributed by atoms with E-state index in [0.717, 1.165) is 46.0 Å². The summed E-state index contributed by atoms with van der Waals surface area (Å²) in [6.07, 6.45) is 2.90. The quantitative estimate of drug-likeness (QED) is 0.261. The highest BCUT2D eigenvalue weighted by Gasteiger charge is 2.41. The number of nitrogens with zero attached hydrogens (tertiary/aromatic N) is 3. The van der Waals surface area contributed by atoms with E-state index in [-0.39, 0.29) is 30.2 Å². The Kier molecular flexibility index (Phi) is 7.74. The molecule has 4 aromatic rings. The molecule has 5 rings (SSSR count). The van der Waals surface area contributed by atoms with Crippen molar-refractivity contribution in [2.75, 3.05) is 11.9 Å². The molecule has 0 unspecified atom stereocenters. The Bertz CT molecular complexity index is 1480. The monoisotopic (exact) mass is 541 g/mol. The van der Waals surface area contributed by atoms with E-state index in [2.05, 4.69) is 45.0 Å². The van der Waals surface area contributed by atoms with Crippen molar-refractivity contribution in [3.05, 3.63) is 113 Å². The van der Waals surface area contributed by atoms with E-state index in [1.54, 1.807) is 18.3 Å². The van der Waals surface area contributed by atoms with Gasteiger partial charge < -0.3 is 20.1 Å². The highest BCUT2D eigenvalue weighted by molar-refractivity contribution is 7.80. The highest BCUT2D eigenvalue weighted by atomic mass is 32.1. The maximum absolute atomic E-state index is 13.6. The molecule has 2 N–H and O–H groups in total. The first-order chi connectivity index (χ1) is 18.9. The van der Waals surface area contributed by atoms with Crippen molar-refractivity contribution < 1.29 is 9.18 Å². The summed E-state index contributed by atoms with van der Waals surface area (Å²) >= 11 is 5.81. The molecular weight excluding hydrogens is 509 g/mol. The third kappa shape index (κ3) is 5.43. The molecule has 1 aliphatic heterocycles. The molecule has 2 aromatic carbocycles. The number of amides is 1. The van der Waals surface area contributed by atoms with E-state index < -0.39 is 0 Å². The van der Waals surface area contributed by atoms with Gasteiger partial charge in [-0.3, -0.25) is 9.78 Å². The van der Waals surface area contributed by atoms with Crippen LogP contribution in [-0.4, -0.2) is 32.0 Å². The van der Waals surface area contributed by atoms with Crippen LogP contribution in [0.2, 0.25) is 0 Å². The number of para-hydroxylation sites is 1. The second-order valence-corrected chi connectivity index (χ2v) is 10.2. The van der Waals surface area contributed by atoms with Crippen LogP contribution in [0.5, 0.6) is 0 Å². The summed E-state index contributed by atoms with van der Waals surface area (Å²) in [5.74, 6) is -0.330. The van der Waals surface area contributed by atoms with Gasteiger partial charge in [-0.1, -0.05) is 31.2 Å². The number of hydrogen-bond acceptors (Lipinski definition) is 3. The van der Waals surface area contributed by atoms with Gasteiger partial charge in [0, 0.05) is 41.9 Å². The number of rotatable bonds is 8. The first-order valence-corrected chi connectivity index (χ1v) is 13.6.